The molecular weight excluding hydrogens is 274 g/mol. The van der Waals surface area contributed by atoms with E-state index in [1.807, 2.05) is 18.2 Å². The van der Waals surface area contributed by atoms with Crippen LogP contribution in [0.5, 0.6) is 5.75 Å². The molecule has 0 aromatic heterocycles. The maximum atomic E-state index is 9.89. The van der Waals surface area contributed by atoms with Gasteiger partial charge in [0.1, 0.15) is 11.5 Å². The molecule has 3 heteroatoms. The minimum atomic E-state index is 0.219. The van der Waals surface area contributed by atoms with Crippen molar-refractivity contribution in [2.45, 2.75) is 25.9 Å². The van der Waals surface area contributed by atoms with E-state index in [1.165, 1.54) is 12.3 Å². The second-order valence-corrected chi connectivity index (χ2v) is 4.99. The summed E-state index contributed by atoms with van der Waals surface area (Å²) in [6.45, 7) is 5.80. The van der Waals surface area contributed by atoms with Crippen LogP contribution in [0.15, 0.2) is 48.1 Å². The molecule has 1 aliphatic rings. The van der Waals surface area contributed by atoms with Crippen LogP contribution in [0.2, 0.25) is 0 Å². The van der Waals surface area contributed by atoms with Crippen LogP contribution in [-0.2, 0) is 0 Å². The molecule has 0 radical (unpaired) electrons. The molecule has 1 fully saturated rings. The molecule has 22 heavy (non-hydrogen) atoms. The molecule has 1 aromatic rings. The van der Waals surface area contributed by atoms with Crippen molar-refractivity contribution in [2.75, 3.05) is 0 Å². The van der Waals surface area contributed by atoms with Crippen molar-refractivity contribution >= 4 is 17.5 Å². The molecule has 1 N–H and O–H groups in total. The van der Waals surface area contributed by atoms with Crippen LogP contribution in [0.3, 0.4) is 0 Å². The van der Waals surface area contributed by atoms with Gasteiger partial charge in [-0.2, -0.15) is 0 Å². The summed E-state index contributed by atoms with van der Waals surface area (Å²) in [5.74, 6) is 3.35. The molecule has 0 bridgehead atoms. The highest BCUT2D eigenvalue weighted by molar-refractivity contribution is 6.10. The molecule has 2 rings (SSSR count). The minimum absolute atomic E-state index is 0.219. The summed E-state index contributed by atoms with van der Waals surface area (Å²) in [5.41, 5.74) is 2.23. The molecule has 0 heterocycles. The first-order valence-electron chi connectivity index (χ1n) is 7.15. The number of aliphatic hydroxyl groups is 1. The molecule has 0 atom stereocenters. The third-order valence-corrected chi connectivity index (χ3v) is 3.20. The molecule has 0 amide bonds. The van der Waals surface area contributed by atoms with Crippen LogP contribution >= 0.6 is 0 Å². The van der Waals surface area contributed by atoms with Gasteiger partial charge in [-0.15, -0.1) is 6.42 Å². The Balaban J connectivity index is 2.31. The van der Waals surface area contributed by atoms with Gasteiger partial charge in [0.25, 0.3) is 0 Å². The van der Waals surface area contributed by atoms with Gasteiger partial charge in [0.15, 0.2) is 0 Å². The zero-order valence-electron chi connectivity index (χ0n) is 12.6. The third kappa shape index (κ3) is 4.13. The lowest BCUT2D eigenvalue weighted by Gasteiger charge is -2.12. The Morgan fingerprint density at radius 1 is 1.50 bits per heavy atom. The van der Waals surface area contributed by atoms with Gasteiger partial charge < -0.3 is 9.84 Å². The lowest BCUT2D eigenvalue weighted by molar-refractivity contribution is 0.302. The van der Waals surface area contributed by atoms with E-state index in [0.29, 0.717) is 5.57 Å². The molecule has 1 aliphatic carbocycles. The number of terminal acetylenes is 1. The average Bonchev–Trinajstić information content (AvgIpc) is 3.35. The van der Waals surface area contributed by atoms with Crippen molar-refractivity contribution in [3.8, 4) is 18.1 Å². The second kappa shape index (κ2) is 7.33. The lowest BCUT2D eigenvalue weighted by Crippen LogP contribution is -2.00. The Kier molecular flexibility index (Phi) is 5.21. The largest absolute Gasteiger partial charge is 0.508 e. The van der Waals surface area contributed by atoms with Gasteiger partial charge in [-0.3, -0.25) is 4.99 Å². The SMILES string of the molecule is C#C/C=C\N=CC(=C)c1cc(/C(O)=C/C)ccc1OC1CC1. The molecule has 0 aliphatic heterocycles. The Hall–Kier alpha value is -2.73. The van der Waals surface area contributed by atoms with Crippen molar-refractivity contribution < 1.29 is 9.84 Å². The molecule has 1 saturated carbocycles. The molecule has 1 aromatic carbocycles. The Labute approximate surface area is 131 Å². The highest BCUT2D eigenvalue weighted by Crippen LogP contribution is 2.33. The predicted octanol–water partition coefficient (Wildman–Crippen LogP) is 4.38. The van der Waals surface area contributed by atoms with E-state index in [2.05, 4.69) is 17.5 Å². The van der Waals surface area contributed by atoms with E-state index < -0.39 is 0 Å². The number of allylic oxidation sites excluding steroid dienone is 3. The first-order chi connectivity index (χ1) is 10.7. The van der Waals surface area contributed by atoms with E-state index in [4.69, 9.17) is 11.2 Å². The smallest absolute Gasteiger partial charge is 0.127 e. The summed E-state index contributed by atoms with van der Waals surface area (Å²) in [7, 11) is 0. The van der Waals surface area contributed by atoms with Crippen molar-refractivity contribution in [2.24, 2.45) is 4.99 Å². The van der Waals surface area contributed by atoms with Gasteiger partial charge in [-0.1, -0.05) is 12.5 Å². The third-order valence-electron chi connectivity index (χ3n) is 3.20. The van der Waals surface area contributed by atoms with E-state index in [0.717, 1.165) is 29.7 Å². The van der Waals surface area contributed by atoms with Gasteiger partial charge >= 0.3 is 0 Å². The Morgan fingerprint density at radius 2 is 2.27 bits per heavy atom. The Morgan fingerprint density at radius 3 is 2.91 bits per heavy atom. The highest BCUT2D eigenvalue weighted by atomic mass is 16.5. The maximum Gasteiger partial charge on any atom is 0.127 e. The lowest BCUT2D eigenvalue weighted by atomic mass is 10.0. The quantitative estimate of drug-likeness (QED) is 0.480. The first-order valence-corrected chi connectivity index (χ1v) is 7.15. The average molecular weight is 293 g/mol. The standard InChI is InChI=1S/C19H19NO2/c1-4-6-11-20-13-14(3)17-12-15(18(21)5-2)7-10-19(17)22-16-8-9-16/h1,5-7,10-13,16,21H,3,8-9H2,2H3/b11-6-,18-5-,20-13?. The normalized spacial score (nSPS) is 15.2. The van der Waals surface area contributed by atoms with Crippen molar-refractivity contribution in [1.82, 2.24) is 0 Å². The summed E-state index contributed by atoms with van der Waals surface area (Å²) in [5, 5.41) is 9.89. The number of benzene rings is 1. The Bertz CT molecular complexity index is 686. The zero-order valence-corrected chi connectivity index (χ0v) is 12.6. The number of ether oxygens (including phenoxy) is 1. The number of aliphatic imine (C=N–C) groups is 1. The fourth-order valence-corrected chi connectivity index (χ4v) is 1.86. The molecule has 0 saturated heterocycles. The summed E-state index contributed by atoms with van der Waals surface area (Å²) in [6.07, 6.45) is 13.9. The second-order valence-electron chi connectivity index (χ2n) is 4.99. The number of aliphatic hydroxyl groups excluding tert-OH is 1. The highest BCUT2D eigenvalue weighted by Gasteiger charge is 2.25. The summed E-state index contributed by atoms with van der Waals surface area (Å²) in [4.78, 5) is 4.09. The number of hydrogen-bond donors (Lipinski definition) is 1. The van der Waals surface area contributed by atoms with Crippen LogP contribution in [0.25, 0.3) is 11.3 Å². The number of nitrogens with zero attached hydrogens (tertiary/aromatic N) is 1. The van der Waals surface area contributed by atoms with Crippen LogP contribution in [-0.4, -0.2) is 17.4 Å². The molecule has 3 nitrogen and oxygen atoms in total. The fraction of sp³-hybridized carbons (Fsp3) is 0.211. The minimum Gasteiger partial charge on any atom is -0.508 e. The maximum absolute atomic E-state index is 9.89. The fourth-order valence-electron chi connectivity index (χ4n) is 1.86. The number of rotatable bonds is 6. The van der Waals surface area contributed by atoms with Crippen LogP contribution in [0.1, 0.15) is 30.9 Å². The summed E-state index contributed by atoms with van der Waals surface area (Å²) in [6, 6.07) is 5.55. The molecule has 0 spiro atoms. The van der Waals surface area contributed by atoms with E-state index in [9.17, 15) is 5.11 Å². The van der Waals surface area contributed by atoms with Crippen molar-refractivity contribution in [3.63, 3.8) is 0 Å². The van der Waals surface area contributed by atoms with Crippen LogP contribution in [0.4, 0.5) is 0 Å². The predicted molar refractivity (Wildman–Crippen MR) is 91.9 cm³/mol. The van der Waals surface area contributed by atoms with Gasteiger partial charge in [-0.25, -0.2) is 0 Å². The summed E-state index contributed by atoms with van der Waals surface area (Å²) < 4.78 is 5.90. The first kappa shape index (κ1) is 15.7. The molecular formula is C19H19NO2. The summed E-state index contributed by atoms with van der Waals surface area (Å²) >= 11 is 0. The van der Waals surface area contributed by atoms with Gasteiger partial charge in [0, 0.05) is 29.6 Å². The topological polar surface area (TPSA) is 41.8 Å². The number of hydrogen-bond acceptors (Lipinski definition) is 3. The van der Waals surface area contributed by atoms with Crippen molar-refractivity contribution in [3.05, 3.63) is 54.3 Å². The van der Waals surface area contributed by atoms with E-state index >= 15 is 0 Å². The monoisotopic (exact) mass is 293 g/mol. The van der Waals surface area contributed by atoms with Crippen LogP contribution in [0, 0.1) is 12.3 Å². The van der Waals surface area contributed by atoms with E-state index in [-0.39, 0.29) is 11.9 Å². The zero-order chi connectivity index (χ0) is 15.9. The van der Waals surface area contributed by atoms with Gasteiger partial charge in [-0.05, 0) is 49.6 Å². The van der Waals surface area contributed by atoms with Gasteiger partial charge in [0.2, 0.25) is 0 Å². The molecule has 0 unspecified atom stereocenters. The van der Waals surface area contributed by atoms with Gasteiger partial charge in [0.05, 0.1) is 6.10 Å². The van der Waals surface area contributed by atoms with E-state index in [1.54, 1.807) is 19.2 Å². The molecule has 112 valence electrons. The van der Waals surface area contributed by atoms with Crippen LogP contribution < -0.4 is 4.74 Å². The van der Waals surface area contributed by atoms with Crippen molar-refractivity contribution in [1.29, 1.82) is 0 Å².